The second-order valence-electron chi connectivity index (χ2n) is 5.91. The third-order valence-electron chi connectivity index (χ3n) is 4.03. The Morgan fingerprint density at radius 3 is 2.45 bits per heavy atom. The smallest absolute Gasteiger partial charge is 0.121 e. The molecule has 0 aliphatic carbocycles. The van der Waals surface area contributed by atoms with Gasteiger partial charge in [-0.3, -0.25) is 4.90 Å². The molecule has 116 valence electrons. The van der Waals surface area contributed by atoms with Gasteiger partial charge in [0.1, 0.15) is 12.4 Å². The van der Waals surface area contributed by atoms with E-state index >= 15 is 0 Å². The molecule has 0 spiro atoms. The van der Waals surface area contributed by atoms with E-state index in [1.54, 1.807) is 0 Å². The van der Waals surface area contributed by atoms with Crippen molar-refractivity contribution in [2.75, 3.05) is 13.1 Å². The first-order valence-electron chi connectivity index (χ1n) is 7.98. The van der Waals surface area contributed by atoms with Crippen molar-refractivity contribution in [1.29, 1.82) is 0 Å². The summed E-state index contributed by atoms with van der Waals surface area (Å²) in [6.07, 6.45) is 4.02. The molecule has 3 rings (SSSR count). The number of hydrogen-bond donors (Lipinski definition) is 0. The van der Waals surface area contributed by atoms with Crippen LogP contribution in [0, 0.1) is 0 Å². The summed E-state index contributed by atoms with van der Waals surface area (Å²) in [7, 11) is 0. The van der Waals surface area contributed by atoms with Crippen LogP contribution in [0.1, 0.15) is 30.4 Å². The van der Waals surface area contributed by atoms with Gasteiger partial charge in [-0.1, -0.05) is 52.7 Å². The van der Waals surface area contributed by atoms with Crippen molar-refractivity contribution >= 4 is 15.9 Å². The normalized spacial score (nSPS) is 15.7. The summed E-state index contributed by atoms with van der Waals surface area (Å²) in [4.78, 5) is 2.53. The SMILES string of the molecule is Brc1cc(CN2CCCCC2)cc(OCc2ccccc2)c1. The van der Waals surface area contributed by atoms with Crippen LogP contribution in [0.4, 0.5) is 0 Å². The monoisotopic (exact) mass is 359 g/mol. The maximum Gasteiger partial charge on any atom is 0.121 e. The highest BCUT2D eigenvalue weighted by atomic mass is 79.9. The predicted octanol–water partition coefficient (Wildman–Crippen LogP) is 5.01. The minimum Gasteiger partial charge on any atom is -0.489 e. The van der Waals surface area contributed by atoms with E-state index in [1.165, 1.54) is 43.5 Å². The lowest BCUT2D eigenvalue weighted by molar-refractivity contribution is 0.220. The summed E-state index contributed by atoms with van der Waals surface area (Å²) in [5.41, 5.74) is 2.51. The second kappa shape index (κ2) is 7.80. The lowest BCUT2D eigenvalue weighted by Crippen LogP contribution is -2.29. The summed E-state index contributed by atoms with van der Waals surface area (Å²) in [6.45, 7) is 4.06. The van der Waals surface area contributed by atoms with Crippen LogP contribution in [-0.2, 0) is 13.2 Å². The number of hydrogen-bond acceptors (Lipinski definition) is 2. The average Bonchev–Trinajstić information content (AvgIpc) is 2.54. The van der Waals surface area contributed by atoms with Crippen LogP contribution in [0.15, 0.2) is 53.0 Å². The van der Waals surface area contributed by atoms with E-state index in [2.05, 4.69) is 45.1 Å². The number of likely N-dealkylation sites (tertiary alicyclic amines) is 1. The zero-order valence-electron chi connectivity index (χ0n) is 12.8. The van der Waals surface area contributed by atoms with E-state index < -0.39 is 0 Å². The molecule has 0 saturated carbocycles. The summed E-state index contributed by atoms with van der Waals surface area (Å²) in [6, 6.07) is 16.7. The molecule has 2 aromatic rings. The Balaban J connectivity index is 1.64. The summed E-state index contributed by atoms with van der Waals surface area (Å²) >= 11 is 3.61. The molecule has 3 heteroatoms. The zero-order chi connectivity index (χ0) is 15.2. The Morgan fingerprint density at radius 2 is 1.68 bits per heavy atom. The van der Waals surface area contributed by atoms with Gasteiger partial charge in [-0.15, -0.1) is 0 Å². The quantitative estimate of drug-likeness (QED) is 0.743. The number of piperidine rings is 1. The largest absolute Gasteiger partial charge is 0.489 e. The minimum atomic E-state index is 0.612. The molecular formula is C19H22BrNO. The molecule has 1 aliphatic heterocycles. The van der Waals surface area contributed by atoms with Gasteiger partial charge >= 0.3 is 0 Å². The highest BCUT2D eigenvalue weighted by Crippen LogP contribution is 2.24. The fourth-order valence-electron chi connectivity index (χ4n) is 2.91. The van der Waals surface area contributed by atoms with Crippen molar-refractivity contribution in [2.45, 2.75) is 32.4 Å². The van der Waals surface area contributed by atoms with Crippen LogP contribution in [0.3, 0.4) is 0 Å². The van der Waals surface area contributed by atoms with Crippen LogP contribution in [0.2, 0.25) is 0 Å². The number of nitrogens with zero attached hydrogens (tertiary/aromatic N) is 1. The lowest BCUT2D eigenvalue weighted by Gasteiger charge is -2.26. The Bertz CT molecular complexity index is 594. The first kappa shape index (κ1) is 15.6. The molecule has 0 unspecified atom stereocenters. The van der Waals surface area contributed by atoms with Crippen LogP contribution in [0.25, 0.3) is 0 Å². The standard InChI is InChI=1S/C19H22BrNO/c20-18-11-17(14-21-9-5-2-6-10-21)12-19(13-18)22-15-16-7-3-1-4-8-16/h1,3-4,7-8,11-13H,2,5-6,9-10,14-15H2. The molecule has 2 nitrogen and oxygen atoms in total. The molecule has 1 fully saturated rings. The van der Waals surface area contributed by atoms with Crippen molar-refractivity contribution in [3.8, 4) is 5.75 Å². The third kappa shape index (κ3) is 4.59. The molecule has 1 saturated heterocycles. The van der Waals surface area contributed by atoms with E-state index in [0.29, 0.717) is 6.61 Å². The molecule has 1 heterocycles. The maximum absolute atomic E-state index is 5.95. The van der Waals surface area contributed by atoms with E-state index in [9.17, 15) is 0 Å². The molecule has 0 bridgehead atoms. The predicted molar refractivity (Wildman–Crippen MR) is 94.0 cm³/mol. The first-order valence-corrected chi connectivity index (χ1v) is 8.77. The van der Waals surface area contributed by atoms with Gasteiger partial charge in [0.05, 0.1) is 0 Å². The van der Waals surface area contributed by atoms with Gasteiger partial charge in [0, 0.05) is 11.0 Å². The number of rotatable bonds is 5. The molecule has 0 N–H and O–H groups in total. The third-order valence-corrected chi connectivity index (χ3v) is 4.49. The molecular weight excluding hydrogens is 338 g/mol. The minimum absolute atomic E-state index is 0.612. The molecule has 1 aliphatic rings. The summed E-state index contributed by atoms with van der Waals surface area (Å²) in [5, 5.41) is 0. The van der Waals surface area contributed by atoms with Gasteiger partial charge in [-0.2, -0.15) is 0 Å². The molecule has 2 aromatic carbocycles. The number of benzene rings is 2. The number of halogens is 1. The van der Waals surface area contributed by atoms with Gasteiger partial charge in [0.15, 0.2) is 0 Å². The van der Waals surface area contributed by atoms with Crippen LogP contribution >= 0.6 is 15.9 Å². The number of ether oxygens (including phenoxy) is 1. The van der Waals surface area contributed by atoms with Crippen LogP contribution in [-0.4, -0.2) is 18.0 Å². The van der Waals surface area contributed by atoms with Crippen molar-refractivity contribution in [2.24, 2.45) is 0 Å². The van der Waals surface area contributed by atoms with Gasteiger partial charge in [-0.25, -0.2) is 0 Å². The Hall–Kier alpha value is -1.32. The van der Waals surface area contributed by atoms with E-state index in [1.807, 2.05) is 24.3 Å². The summed E-state index contributed by atoms with van der Waals surface area (Å²) in [5.74, 6) is 0.935. The van der Waals surface area contributed by atoms with Crippen molar-refractivity contribution in [1.82, 2.24) is 4.90 Å². The van der Waals surface area contributed by atoms with Crippen molar-refractivity contribution in [3.05, 3.63) is 64.1 Å². The average molecular weight is 360 g/mol. The Labute approximate surface area is 141 Å². The van der Waals surface area contributed by atoms with Crippen LogP contribution in [0.5, 0.6) is 5.75 Å². The van der Waals surface area contributed by atoms with E-state index in [4.69, 9.17) is 4.74 Å². The zero-order valence-corrected chi connectivity index (χ0v) is 14.4. The highest BCUT2D eigenvalue weighted by Gasteiger charge is 2.11. The summed E-state index contributed by atoms with van der Waals surface area (Å²) < 4.78 is 7.04. The second-order valence-corrected chi connectivity index (χ2v) is 6.82. The molecule has 0 radical (unpaired) electrons. The van der Waals surface area contributed by atoms with E-state index in [-0.39, 0.29) is 0 Å². The van der Waals surface area contributed by atoms with Gasteiger partial charge in [0.25, 0.3) is 0 Å². The van der Waals surface area contributed by atoms with Crippen molar-refractivity contribution in [3.63, 3.8) is 0 Å². The Morgan fingerprint density at radius 1 is 0.909 bits per heavy atom. The topological polar surface area (TPSA) is 12.5 Å². The maximum atomic E-state index is 5.95. The van der Waals surface area contributed by atoms with Gasteiger partial charge in [-0.05, 0) is 55.3 Å². The molecule has 0 amide bonds. The Kier molecular flexibility index (Phi) is 5.52. The van der Waals surface area contributed by atoms with E-state index in [0.717, 1.165) is 16.8 Å². The lowest BCUT2D eigenvalue weighted by atomic mass is 10.1. The van der Waals surface area contributed by atoms with Gasteiger partial charge < -0.3 is 4.74 Å². The van der Waals surface area contributed by atoms with Gasteiger partial charge in [0.2, 0.25) is 0 Å². The first-order chi connectivity index (χ1) is 10.8. The fraction of sp³-hybridized carbons (Fsp3) is 0.368. The fourth-order valence-corrected chi connectivity index (χ4v) is 3.43. The molecule has 0 atom stereocenters. The molecule has 0 aromatic heterocycles. The molecule has 22 heavy (non-hydrogen) atoms. The van der Waals surface area contributed by atoms with Crippen LogP contribution < -0.4 is 4.74 Å². The highest BCUT2D eigenvalue weighted by molar-refractivity contribution is 9.10. The van der Waals surface area contributed by atoms with Crippen molar-refractivity contribution < 1.29 is 4.74 Å².